The Hall–Kier alpha value is -2.13. The second-order valence-corrected chi connectivity index (χ2v) is 6.76. The molecule has 27 heavy (non-hydrogen) atoms. The maximum Gasteiger partial charge on any atom is 0.0940 e. The molecule has 0 amide bonds. The van der Waals surface area contributed by atoms with Gasteiger partial charge in [-0.05, 0) is 36.6 Å². The first kappa shape index (κ1) is 21.2. The number of rotatable bonds is 8. The van der Waals surface area contributed by atoms with Crippen LogP contribution >= 0.6 is 12.4 Å². The number of halogens is 1. The number of nitrogens with one attached hydrogen (secondary N) is 1. The number of aliphatic hydroxyl groups excluding tert-OH is 1. The van der Waals surface area contributed by atoms with Crippen LogP contribution < -0.4 is 5.32 Å². The fourth-order valence-electron chi connectivity index (χ4n) is 3.40. The van der Waals surface area contributed by atoms with E-state index in [1.807, 2.05) is 37.3 Å². The van der Waals surface area contributed by atoms with Crippen LogP contribution in [0.5, 0.6) is 0 Å². The summed E-state index contributed by atoms with van der Waals surface area (Å²) in [6, 6.07) is 31.1. The van der Waals surface area contributed by atoms with E-state index in [-0.39, 0.29) is 18.4 Å². The molecule has 0 heterocycles. The Labute approximate surface area is 168 Å². The molecule has 2 N–H and O–H groups in total. The zero-order chi connectivity index (χ0) is 18.2. The summed E-state index contributed by atoms with van der Waals surface area (Å²) >= 11 is 0. The summed E-state index contributed by atoms with van der Waals surface area (Å²) in [5.74, 6) is 0.353. The Morgan fingerprint density at radius 1 is 0.704 bits per heavy atom. The van der Waals surface area contributed by atoms with Gasteiger partial charge in [-0.3, -0.25) is 0 Å². The smallest absolute Gasteiger partial charge is 0.0940 e. The summed E-state index contributed by atoms with van der Waals surface area (Å²) in [5.41, 5.74) is 3.61. The first-order valence-corrected chi connectivity index (χ1v) is 9.32. The minimum Gasteiger partial charge on any atom is -0.387 e. The molecule has 0 radical (unpaired) electrons. The van der Waals surface area contributed by atoms with Crippen molar-refractivity contribution in [1.82, 2.24) is 5.32 Å². The van der Waals surface area contributed by atoms with Crippen molar-refractivity contribution in [1.29, 1.82) is 0 Å². The van der Waals surface area contributed by atoms with Gasteiger partial charge in [0.1, 0.15) is 0 Å². The summed E-state index contributed by atoms with van der Waals surface area (Å²) in [7, 11) is 0. The summed E-state index contributed by atoms with van der Waals surface area (Å²) in [6.45, 7) is 2.89. The fraction of sp³-hybridized carbons (Fsp3) is 0.250. The molecule has 3 rings (SSSR count). The van der Waals surface area contributed by atoms with E-state index in [9.17, 15) is 5.11 Å². The Kier molecular flexibility index (Phi) is 8.53. The predicted octanol–water partition coefficient (Wildman–Crippen LogP) is 5.34. The van der Waals surface area contributed by atoms with Crippen molar-refractivity contribution in [2.24, 2.45) is 0 Å². The molecule has 0 aliphatic rings. The Balaban J connectivity index is 0.00000261. The van der Waals surface area contributed by atoms with Gasteiger partial charge in [-0.15, -0.1) is 12.4 Å². The summed E-state index contributed by atoms with van der Waals surface area (Å²) in [6.07, 6.45) is 0.489. The maximum absolute atomic E-state index is 10.5. The normalized spacial score (nSPS) is 13.0. The number of hydrogen-bond acceptors (Lipinski definition) is 2. The average molecular weight is 382 g/mol. The quantitative estimate of drug-likeness (QED) is 0.551. The highest BCUT2D eigenvalue weighted by atomic mass is 35.5. The van der Waals surface area contributed by atoms with E-state index in [2.05, 4.69) is 66.0 Å². The molecule has 2 atom stereocenters. The molecule has 3 aromatic rings. The van der Waals surface area contributed by atoms with E-state index >= 15 is 0 Å². The molecule has 2 unspecified atom stereocenters. The molecule has 0 fully saturated rings. The van der Waals surface area contributed by atoms with Crippen LogP contribution in [0.3, 0.4) is 0 Å². The summed E-state index contributed by atoms with van der Waals surface area (Å²) in [5, 5.41) is 14.0. The van der Waals surface area contributed by atoms with E-state index in [1.54, 1.807) is 0 Å². The molecular formula is C24H28ClNO. The minimum atomic E-state index is -0.497. The molecule has 2 nitrogen and oxygen atoms in total. The van der Waals surface area contributed by atoms with Crippen LogP contribution in [0.4, 0.5) is 0 Å². The highest BCUT2D eigenvalue weighted by Gasteiger charge is 2.17. The molecule has 0 aromatic heterocycles. The zero-order valence-corrected chi connectivity index (χ0v) is 16.5. The fourth-order valence-corrected chi connectivity index (χ4v) is 3.40. The van der Waals surface area contributed by atoms with Crippen molar-refractivity contribution >= 4 is 12.4 Å². The molecule has 0 aliphatic heterocycles. The van der Waals surface area contributed by atoms with Gasteiger partial charge in [-0.25, -0.2) is 0 Å². The van der Waals surface area contributed by atoms with E-state index < -0.39 is 6.10 Å². The number of hydrogen-bond donors (Lipinski definition) is 2. The lowest BCUT2D eigenvalue weighted by molar-refractivity contribution is 0.136. The van der Waals surface area contributed by atoms with E-state index in [4.69, 9.17) is 0 Å². The molecule has 3 heteroatoms. The monoisotopic (exact) mass is 381 g/mol. The minimum absolute atomic E-state index is 0. The number of benzene rings is 3. The third-order valence-electron chi connectivity index (χ3n) is 4.92. The van der Waals surface area contributed by atoms with Crippen LogP contribution in [0.25, 0.3) is 0 Å². The van der Waals surface area contributed by atoms with Crippen molar-refractivity contribution in [3.05, 3.63) is 108 Å². The Morgan fingerprint density at radius 3 is 1.56 bits per heavy atom. The zero-order valence-electron chi connectivity index (χ0n) is 15.7. The van der Waals surface area contributed by atoms with Gasteiger partial charge in [0, 0.05) is 12.0 Å². The lowest BCUT2D eigenvalue weighted by Crippen LogP contribution is -2.33. The van der Waals surface area contributed by atoms with E-state index in [0.717, 1.165) is 18.5 Å². The van der Waals surface area contributed by atoms with Crippen LogP contribution in [0, 0.1) is 0 Å². The maximum atomic E-state index is 10.5. The average Bonchev–Trinajstić information content (AvgIpc) is 2.72. The van der Waals surface area contributed by atoms with Crippen molar-refractivity contribution in [2.45, 2.75) is 31.4 Å². The second kappa shape index (κ2) is 10.9. The summed E-state index contributed by atoms with van der Waals surface area (Å²) < 4.78 is 0. The lowest BCUT2D eigenvalue weighted by atomic mass is 9.88. The van der Waals surface area contributed by atoms with Crippen LogP contribution in [0.1, 0.15) is 42.1 Å². The van der Waals surface area contributed by atoms with Crippen LogP contribution in [-0.2, 0) is 0 Å². The first-order chi connectivity index (χ1) is 12.8. The van der Waals surface area contributed by atoms with E-state index in [1.165, 1.54) is 11.1 Å². The van der Waals surface area contributed by atoms with Crippen molar-refractivity contribution in [3.63, 3.8) is 0 Å². The van der Waals surface area contributed by atoms with Gasteiger partial charge in [-0.1, -0.05) is 91.0 Å². The first-order valence-electron chi connectivity index (χ1n) is 9.32. The lowest BCUT2D eigenvalue weighted by Gasteiger charge is -2.23. The van der Waals surface area contributed by atoms with Crippen molar-refractivity contribution in [2.75, 3.05) is 6.54 Å². The molecule has 0 saturated carbocycles. The van der Waals surface area contributed by atoms with Gasteiger partial charge < -0.3 is 10.4 Å². The molecule has 142 valence electrons. The highest BCUT2D eigenvalue weighted by Crippen LogP contribution is 2.27. The van der Waals surface area contributed by atoms with E-state index in [0.29, 0.717) is 5.92 Å². The molecule has 0 bridgehead atoms. The Bertz CT molecular complexity index is 725. The van der Waals surface area contributed by atoms with Crippen LogP contribution in [-0.4, -0.2) is 17.7 Å². The highest BCUT2D eigenvalue weighted by molar-refractivity contribution is 5.85. The number of aliphatic hydroxyl groups is 1. The van der Waals surface area contributed by atoms with Crippen LogP contribution in [0.15, 0.2) is 91.0 Å². The van der Waals surface area contributed by atoms with Crippen molar-refractivity contribution in [3.8, 4) is 0 Å². The van der Waals surface area contributed by atoms with Crippen molar-refractivity contribution < 1.29 is 5.11 Å². The third kappa shape index (κ3) is 5.93. The molecule has 0 spiro atoms. The summed E-state index contributed by atoms with van der Waals surface area (Å²) in [4.78, 5) is 0. The van der Waals surface area contributed by atoms with Gasteiger partial charge in [0.2, 0.25) is 0 Å². The van der Waals surface area contributed by atoms with Crippen LogP contribution in [0.2, 0.25) is 0 Å². The third-order valence-corrected chi connectivity index (χ3v) is 4.92. The molecule has 0 aliphatic carbocycles. The van der Waals surface area contributed by atoms with Gasteiger partial charge in [0.25, 0.3) is 0 Å². The SMILES string of the molecule is CC(NCCC(c1ccccc1)c1ccccc1)C(O)c1ccccc1.Cl. The topological polar surface area (TPSA) is 32.3 Å². The molecule has 0 saturated heterocycles. The molecular weight excluding hydrogens is 354 g/mol. The van der Waals surface area contributed by atoms with Gasteiger partial charge in [0.15, 0.2) is 0 Å². The molecule has 3 aromatic carbocycles. The van der Waals surface area contributed by atoms with Gasteiger partial charge >= 0.3 is 0 Å². The van der Waals surface area contributed by atoms with Gasteiger partial charge in [0.05, 0.1) is 6.10 Å². The predicted molar refractivity (Wildman–Crippen MR) is 115 cm³/mol. The Morgan fingerprint density at radius 2 is 1.11 bits per heavy atom. The largest absolute Gasteiger partial charge is 0.387 e. The van der Waals surface area contributed by atoms with Gasteiger partial charge in [-0.2, -0.15) is 0 Å². The second-order valence-electron chi connectivity index (χ2n) is 6.76. The standard InChI is InChI=1S/C24H27NO.ClH/c1-19(24(26)22-15-9-4-10-16-22)25-18-17-23(20-11-5-2-6-12-20)21-13-7-3-8-14-21;/h2-16,19,23-26H,17-18H2,1H3;1H.